The van der Waals surface area contributed by atoms with Gasteiger partial charge in [-0.05, 0) is 37.3 Å². The average Bonchev–Trinajstić information content (AvgIpc) is 3.07. The van der Waals surface area contributed by atoms with E-state index in [2.05, 4.69) is 11.0 Å². The van der Waals surface area contributed by atoms with Crippen LogP contribution in [0.5, 0.6) is 11.5 Å². The average molecular weight is 395 g/mol. The van der Waals surface area contributed by atoms with Gasteiger partial charge in [-0.1, -0.05) is 11.6 Å². The van der Waals surface area contributed by atoms with Crippen LogP contribution in [0.15, 0.2) is 30.3 Å². The van der Waals surface area contributed by atoms with Gasteiger partial charge in [0.1, 0.15) is 0 Å². The molecule has 1 aliphatic rings. The van der Waals surface area contributed by atoms with Crippen molar-refractivity contribution < 1.29 is 14.3 Å². The number of amides is 1. The van der Waals surface area contributed by atoms with Crippen LogP contribution in [0.1, 0.15) is 22.2 Å². The van der Waals surface area contributed by atoms with Crippen molar-refractivity contribution in [3.05, 3.63) is 45.1 Å². The molecule has 0 bridgehead atoms. The topological polar surface area (TPSA) is 42.0 Å². The Hall–Kier alpha value is -1.76. The van der Waals surface area contributed by atoms with Crippen LogP contribution in [0.25, 0.3) is 0 Å². The Bertz CT molecular complexity index is 757. The summed E-state index contributed by atoms with van der Waals surface area (Å²) in [5.74, 6) is 1.28. The number of thiophene rings is 1. The van der Waals surface area contributed by atoms with Crippen LogP contribution in [0.2, 0.25) is 4.34 Å². The highest BCUT2D eigenvalue weighted by Crippen LogP contribution is 2.29. The molecule has 1 aromatic heterocycles. The predicted octanol–water partition coefficient (Wildman–Crippen LogP) is 3.77. The number of benzene rings is 1. The molecule has 0 unspecified atom stereocenters. The number of halogens is 1. The maximum absolute atomic E-state index is 12.8. The maximum Gasteiger partial charge on any atom is 0.254 e. The van der Waals surface area contributed by atoms with E-state index in [-0.39, 0.29) is 5.91 Å². The largest absolute Gasteiger partial charge is 0.493 e. The first kappa shape index (κ1) is 19.0. The molecule has 0 radical (unpaired) electrons. The van der Waals surface area contributed by atoms with E-state index < -0.39 is 0 Å². The van der Waals surface area contributed by atoms with Crippen LogP contribution in [0.4, 0.5) is 0 Å². The molecule has 2 heterocycles. The standard InChI is InChI=1S/C19H23ClN2O3S/c1-3-25-16-6-4-14(12-17(16)24-2)19(23)22-10-8-21(9-11-22)13-15-5-7-18(20)26-15/h4-7,12H,3,8-11,13H2,1-2H3. The molecule has 7 heteroatoms. The quantitative estimate of drug-likeness (QED) is 0.748. The van der Waals surface area contributed by atoms with Crippen LogP contribution in [-0.2, 0) is 6.54 Å². The van der Waals surface area contributed by atoms with Crippen molar-refractivity contribution in [1.82, 2.24) is 9.80 Å². The van der Waals surface area contributed by atoms with Crippen molar-refractivity contribution in [2.45, 2.75) is 13.5 Å². The Morgan fingerprint density at radius 3 is 2.54 bits per heavy atom. The van der Waals surface area contributed by atoms with E-state index in [1.54, 1.807) is 36.6 Å². The summed E-state index contributed by atoms with van der Waals surface area (Å²) in [6, 6.07) is 9.35. The van der Waals surface area contributed by atoms with Gasteiger partial charge in [0.25, 0.3) is 5.91 Å². The lowest BCUT2D eigenvalue weighted by molar-refractivity contribution is 0.0629. The number of hydrogen-bond donors (Lipinski definition) is 0. The molecule has 1 fully saturated rings. The third-order valence-corrected chi connectivity index (χ3v) is 5.59. The SMILES string of the molecule is CCOc1ccc(C(=O)N2CCN(Cc3ccc(Cl)s3)CC2)cc1OC. The predicted molar refractivity (Wildman–Crippen MR) is 105 cm³/mol. The summed E-state index contributed by atoms with van der Waals surface area (Å²) in [7, 11) is 1.59. The van der Waals surface area contributed by atoms with E-state index in [0.717, 1.165) is 24.0 Å². The van der Waals surface area contributed by atoms with E-state index in [1.165, 1.54) is 4.88 Å². The first-order valence-electron chi connectivity index (χ1n) is 8.67. The molecular formula is C19H23ClN2O3S. The fourth-order valence-electron chi connectivity index (χ4n) is 3.02. The lowest BCUT2D eigenvalue weighted by atomic mass is 10.1. The van der Waals surface area contributed by atoms with Gasteiger partial charge in [0.2, 0.25) is 0 Å². The monoisotopic (exact) mass is 394 g/mol. The molecule has 0 atom stereocenters. The first-order valence-corrected chi connectivity index (χ1v) is 9.87. The minimum atomic E-state index is 0.0326. The van der Waals surface area contributed by atoms with E-state index in [9.17, 15) is 4.79 Å². The Balaban J connectivity index is 1.59. The number of nitrogens with zero attached hydrogens (tertiary/aromatic N) is 2. The number of piperazine rings is 1. The molecule has 1 aromatic carbocycles. The van der Waals surface area contributed by atoms with E-state index in [0.29, 0.717) is 36.8 Å². The molecule has 1 saturated heterocycles. The Labute approximate surface area is 163 Å². The summed E-state index contributed by atoms with van der Waals surface area (Å²) in [4.78, 5) is 18.3. The lowest BCUT2D eigenvalue weighted by Crippen LogP contribution is -2.48. The third kappa shape index (κ3) is 4.50. The van der Waals surface area contributed by atoms with Gasteiger partial charge in [0, 0.05) is 43.2 Å². The van der Waals surface area contributed by atoms with E-state index in [1.807, 2.05) is 17.9 Å². The Kier molecular flexibility index (Phi) is 6.40. The fraction of sp³-hybridized carbons (Fsp3) is 0.421. The van der Waals surface area contributed by atoms with Gasteiger partial charge in [0.15, 0.2) is 11.5 Å². The van der Waals surface area contributed by atoms with Crippen molar-refractivity contribution in [1.29, 1.82) is 0 Å². The fourth-order valence-corrected chi connectivity index (χ4v) is 4.15. The molecule has 0 saturated carbocycles. The molecule has 140 valence electrons. The van der Waals surface area contributed by atoms with Crippen LogP contribution in [-0.4, -0.2) is 55.6 Å². The number of carbonyl (C=O) groups is 1. The number of hydrogen-bond acceptors (Lipinski definition) is 5. The van der Waals surface area contributed by atoms with Crippen molar-refractivity contribution in [3.8, 4) is 11.5 Å². The highest BCUT2D eigenvalue weighted by molar-refractivity contribution is 7.16. The molecule has 0 aliphatic carbocycles. The molecule has 2 aromatic rings. The van der Waals surface area contributed by atoms with Gasteiger partial charge in [-0.3, -0.25) is 9.69 Å². The number of rotatable bonds is 6. The van der Waals surface area contributed by atoms with Crippen molar-refractivity contribution in [3.63, 3.8) is 0 Å². The second-order valence-electron chi connectivity index (χ2n) is 6.07. The van der Waals surface area contributed by atoms with Gasteiger partial charge in [0.05, 0.1) is 18.1 Å². The van der Waals surface area contributed by atoms with Crippen molar-refractivity contribution in [2.75, 3.05) is 39.9 Å². The molecule has 1 amide bonds. The number of methoxy groups -OCH3 is 1. The third-order valence-electron chi connectivity index (χ3n) is 4.38. The van der Waals surface area contributed by atoms with Crippen LogP contribution >= 0.6 is 22.9 Å². The zero-order valence-electron chi connectivity index (χ0n) is 15.0. The van der Waals surface area contributed by atoms with E-state index >= 15 is 0 Å². The summed E-state index contributed by atoms with van der Waals surface area (Å²) in [6.45, 7) is 6.51. The molecule has 0 N–H and O–H groups in total. The van der Waals surface area contributed by atoms with Crippen molar-refractivity contribution >= 4 is 28.8 Å². The van der Waals surface area contributed by atoms with Gasteiger partial charge in [-0.2, -0.15) is 0 Å². The molecule has 1 aliphatic heterocycles. The Morgan fingerprint density at radius 2 is 1.92 bits per heavy atom. The van der Waals surface area contributed by atoms with Gasteiger partial charge < -0.3 is 14.4 Å². The minimum absolute atomic E-state index is 0.0326. The van der Waals surface area contributed by atoms with Gasteiger partial charge >= 0.3 is 0 Å². The van der Waals surface area contributed by atoms with Crippen LogP contribution in [0.3, 0.4) is 0 Å². The second kappa shape index (κ2) is 8.75. The van der Waals surface area contributed by atoms with Crippen molar-refractivity contribution in [2.24, 2.45) is 0 Å². The molecule has 5 nitrogen and oxygen atoms in total. The van der Waals surface area contributed by atoms with E-state index in [4.69, 9.17) is 21.1 Å². The highest BCUT2D eigenvalue weighted by atomic mass is 35.5. The summed E-state index contributed by atoms with van der Waals surface area (Å²) in [6.07, 6.45) is 0. The first-order chi connectivity index (χ1) is 12.6. The smallest absolute Gasteiger partial charge is 0.254 e. The summed E-state index contributed by atoms with van der Waals surface area (Å²) < 4.78 is 11.7. The molecule has 26 heavy (non-hydrogen) atoms. The van der Waals surface area contributed by atoms with Gasteiger partial charge in [-0.25, -0.2) is 0 Å². The maximum atomic E-state index is 12.8. The number of ether oxygens (including phenoxy) is 2. The zero-order chi connectivity index (χ0) is 18.5. The summed E-state index contributed by atoms with van der Waals surface area (Å²) in [5.41, 5.74) is 0.629. The second-order valence-corrected chi connectivity index (χ2v) is 7.87. The highest BCUT2D eigenvalue weighted by Gasteiger charge is 2.23. The van der Waals surface area contributed by atoms with Gasteiger partial charge in [-0.15, -0.1) is 11.3 Å². The number of carbonyl (C=O) groups excluding carboxylic acids is 1. The zero-order valence-corrected chi connectivity index (χ0v) is 16.6. The molecule has 0 spiro atoms. The lowest BCUT2D eigenvalue weighted by Gasteiger charge is -2.34. The summed E-state index contributed by atoms with van der Waals surface area (Å²) >= 11 is 7.61. The molecule has 3 rings (SSSR count). The minimum Gasteiger partial charge on any atom is -0.493 e. The van der Waals surface area contributed by atoms with Crippen LogP contribution < -0.4 is 9.47 Å². The van der Waals surface area contributed by atoms with Crippen LogP contribution in [0, 0.1) is 0 Å². The summed E-state index contributed by atoms with van der Waals surface area (Å²) in [5, 5.41) is 0. The Morgan fingerprint density at radius 1 is 1.15 bits per heavy atom. The molecular weight excluding hydrogens is 372 g/mol. The normalized spacial score (nSPS) is 15.1.